The van der Waals surface area contributed by atoms with Gasteiger partial charge in [0.15, 0.2) is 10.7 Å². The first-order valence-corrected chi connectivity index (χ1v) is 12.3. The first-order valence-electron chi connectivity index (χ1n) is 10.2. The number of nitrogens with zero attached hydrogens (tertiary/aromatic N) is 3. The number of fused-ring (bicyclic) bond motifs is 1. The van der Waals surface area contributed by atoms with Gasteiger partial charge < -0.3 is 10.1 Å². The van der Waals surface area contributed by atoms with Crippen LogP contribution < -0.4 is 10.1 Å². The number of aromatic nitrogens is 3. The Hall–Kier alpha value is -1.89. The molecule has 1 aliphatic carbocycles. The van der Waals surface area contributed by atoms with Gasteiger partial charge in [0, 0.05) is 27.0 Å². The summed E-state index contributed by atoms with van der Waals surface area (Å²) in [6, 6.07) is 3.78. The van der Waals surface area contributed by atoms with Crippen molar-refractivity contribution in [3.8, 4) is 5.75 Å². The van der Waals surface area contributed by atoms with Crippen LogP contribution in [0.3, 0.4) is 0 Å². The number of ether oxygens (including phenoxy) is 1. The summed E-state index contributed by atoms with van der Waals surface area (Å²) in [5.41, 5.74) is 0.0108. The summed E-state index contributed by atoms with van der Waals surface area (Å²) in [5, 5.41) is 8.71. The van der Waals surface area contributed by atoms with Crippen molar-refractivity contribution in [2.24, 2.45) is 5.92 Å². The van der Waals surface area contributed by atoms with Gasteiger partial charge in [-0.05, 0) is 37.7 Å². The van der Waals surface area contributed by atoms with E-state index < -0.39 is 17.8 Å². The predicted molar refractivity (Wildman–Crippen MR) is 126 cm³/mol. The van der Waals surface area contributed by atoms with Crippen LogP contribution in [-0.4, -0.2) is 31.7 Å². The molecular formula is C21H22F3IN4O2S. The number of halogens is 4. The average Bonchev–Trinajstić information content (AvgIpc) is 3.40. The highest BCUT2D eigenvalue weighted by Crippen LogP contribution is 2.37. The lowest BCUT2D eigenvalue weighted by Gasteiger charge is -2.30. The Bertz CT molecular complexity index is 1120. The van der Waals surface area contributed by atoms with E-state index in [4.69, 9.17) is 9.84 Å². The lowest BCUT2D eigenvalue weighted by molar-refractivity contribution is -0.140. The topological polar surface area (TPSA) is 69.0 Å². The highest BCUT2D eigenvalue weighted by atomic mass is 127. The van der Waals surface area contributed by atoms with Crippen LogP contribution in [0.25, 0.3) is 10.9 Å². The summed E-state index contributed by atoms with van der Waals surface area (Å²) >= 11 is 3.14. The molecule has 32 heavy (non-hydrogen) atoms. The predicted octanol–water partition coefficient (Wildman–Crippen LogP) is 6.33. The second-order valence-electron chi connectivity index (χ2n) is 7.96. The van der Waals surface area contributed by atoms with E-state index in [1.165, 1.54) is 20.0 Å². The molecule has 1 aliphatic rings. The average molecular weight is 578 g/mol. The number of benzene rings is 1. The quantitative estimate of drug-likeness (QED) is 0.284. The highest BCUT2D eigenvalue weighted by Gasteiger charge is 2.34. The van der Waals surface area contributed by atoms with Crippen LogP contribution in [0.4, 0.5) is 18.9 Å². The van der Waals surface area contributed by atoms with Crippen molar-refractivity contribution in [3.63, 3.8) is 0 Å². The molecule has 2 heterocycles. The lowest BCUT2D eigenvalue weighted by Crippen LogP contribution is -2.22. The molecule has 0 aliphatic heterocycles. The molecule has 0 radical (unpaired) electrons. The van der Waals surface area contributed by atoms with E-state index >= 15 is 0 Å². The van der Waals surface area contributed by atoms with Gasteiger partial charge in [0.05, 0.1) is 24.4 Å². The molecular weight excluding hydrogens is 556 g/mol. The lowest BCUT2D eigenvalue weighted by atomic mass is 9.84. The van der Waals surface area contributed by atoms with Crippen LogP contribution in [0, 0.1) is 5.92 Å². The third-order valence-corrected chi connectivity index (χ3v) is 7.70. The molecule has 6 nitrogen and oxygen atoms in total. The molecule has 0 spiro atoms. The number of hydrogen-bond donors (Lipinski definition) is 1. The van der Waals surface area contributed by atoms with Gasteiger partial charge in [-0.1, -0.05) is 29.5 Å². The normalized spacial score (nSPS) is 20.3. The summed E-state index contributed by atoms with van der Waals surface area (Å²) in [5.74, 6) is 0.399. The second-order valence-corrected chi connectivity index (χ2v) is 10.8. The number of hydrogen-bond acceptors (Lipinski definition) is 5. The molecule has 1 saturated carbocycles. The second kappa shape index (κ2) is 9.16. The van der Waals surface area contributed by atoms with E-state index in [9.17, 15) is 18.0 Å². The molecule has 1 N–H and O–H groups in total. The van der Waals surface area contributed by atoms with Crippen molar-refractivity contribution < 1.29 is 22.7 Å². The highest BCUT2D eigenvalue weighted by molar-refractivity contribution is 14.1. The standard InChI is InChI=1S/C21H22F3IN4O2S/c1-11(25)12-3-5-14(6-4-12)29-9-13-7-16(17(31-2)8-15(13)28-29)26-19(30)20-27-18(10-32-20)21(22,23)24/h7-12,14H,3-6H2,1-2H3,(H,26,30)/t11?,12-,14-. The van der Waals surface area contributed by atoms with Gasteiger partial charge in [0.25, 0.3) is 5.91 Å². The van der Waals surface area contributed by atoms with Crippen LogP contribution in [0.2, 0.25) is 0 Å². The Kier molecular flexibility index (Phi) is 6.66. The molecule has 0 saturated heterocycles. The van der Waals surface area contributed by atoms with Crippen molar-refractivity contribution in [1.29, 1.82) is 0 Å². The Balaban J connectivity index is 1.55. The molecule has 1 fully saturated rings. The van der Waals surface area contributed by atoms with Gasteiger partial charge in [-0.25, -0.2) is 4.98 Å². The number of rotatable bonds is 5. The number of amides is 1. The van der Waals surface area contributed by atoms with Gasteiger partial charge in [0.2, 0.25) is 0 Å². The Labute approximate surface area is 200 Å². The summed E-state index contributed by atoms with van der Waals surface area (Å²) in [7, 11) is 1.46. The zero-order valence-electron chi connectivity index (χ0n) is 17.4. The molecule has 11 heteroatoms. The van der Waals surface area contributed by atoms with Crippen molar-refractivity contribution in [3.05, 3.63) is 34.4 Å². The minimum absolute atomic E-state index is 0.267. The smallest absolute Gasteiger partial charge is 0.434 e. The minimum Gasteiger partial charge on any atom is -0.494 e. The number of carbonyl (C=O) groups excluding carboxylic acids is 1. The monoisotopic (exact) mass is 578 g/mol. The maximum Gasteiger partial charge on any atom is 0.434 e. The summed E-state index contributed by atoms with van der Waals surface area (Å²) in [6.45, 7) is 2.26. The minimum atomic E-state index is -4.59. The Morgan fingerprint density at radius 3 is 2.62 bits per heavy atom. The largest absolute Gasteiger partial charge is 0.494 e. The number of alkyl halides is 4. The van der Waals surface area contributed by atoms with Gasteiger partial charge in [-0.15, -0.1) is 11.3 Å². The van der Waals surface area contributed by atoms with Crippen LogP contribution in [0.15, 0.2) is 23.7 Å². The first-order chi connectivity index (χ1) is 15.2. The van der Waals surface area contributed by atoms with Gasteiger partial charge in [-0.3, -0.25) is 9.48 Å². The molecule has 0 bridgehead atoms. The van der Waals surface area contributed by atoms with Crippen LogP contribution >= 0.6 is 33.9 Å². The molecule has 1 aromatic carbocycles. The van der Waals surface area contributed by atoms with Crippen molar-refractivity contribution in [2.75, 3.05) is 12.4 Å². The van der Waals surface area contributed by atoms with E-state index in [-0.39, 0.29) is 5.01 Å². The third-order valence-electron chi connectivity index (χ3n) is 5.85. The van der Waals surface area contributed by atoms with Crippen molar-refractivity contribution in [1.82, 2.24) is 14.8 Å². The van der Waals surface area contributed by atoms with Gasteiger partial charge >= 0.3 is 6.18 Å². The fourth-order valence-corrected chi connectivity index (χ4v) is 5.47. The molecule has 1 amide bonds. The third kappa shape index (κ3) is 4.87. The SMILES string of the molecule is COc1cc2nn([C@H]3CC[C@H](C(C)I)CC3)cc2cc1NC(=O)c1nc(C(F)(F)F)cs1. The van der Waals surface area contributed by atoms with Crippen LogP contribution in [0.5, 0.6) is 5.75 Å². The number of thiazole rings is 1. The van der Waals surface area contributed by atoms with E-state index in [2.05, 4.69) is 39.8 Å². The van der Waals surface area contributed by atoms with Crippen LogP contribution in [0.1, 0.15) is 54.1 Å². The zero-order chi connectivity index (χ0) is 23.0. The Morgan fingerprint density at radius 2 is 2.03 bits per heavy atom. The first kappa shape index (κ1) is 23.3. The molecule has 3 aromatic rings. The zero-order valence-corrected chi connectivity index (χ0v) is 20.4. The number of nitrogens with one attached hydrogen (secondary N) is 1. The number of anilines is 1. The fraction of sp³-hybridized carbons (Fsp3) is 0.476. The maximum absolute atomic E-state index is 12.8. The van der Waals surface area contributed by atoms with E-state index in [0.29, 0.717) is 32.7 Å². The summed E-state index contributed by atoms with van der Waals surface area (Å²) in [4.78, 5) is 15.9. The molecule has 4 rings (SSSR count). The number of carbonyl (C=O) groups is 1. The van der Waals surface area contributed by atoms with E-state index in [0.717, 1.165) is 35.0 Å². The maximum atomic E-state index is 12.8. The van der Waals surface area contributed by atoms with Gasteiger partial charge in [-0.2, -0.15) is 18.3 Å². The van der Waals surface area contributed by atoms with Crippen molar-refractivity contribution >= 4 is 56.4 Å². The molecule has 1 unspecified atom stereocenters. The summed E-state index contributed by atoms with van der Waals surface area (Å²) < 4.78 is 46.4. The van der Waals surface area contributed by atoms with E-state index in [1.54, 1.807) is 12.1 Å². The van der Waals surface area contributed by atoms with Crippen molar-refractivity contribution in [2.45, 2.75) is 48.7 Å². The Morgan fingerprint density at radius 1 is 1.31 bits per heavy atom. The molecule has 1 atom stereocenters. The molecule has 172 valence electrons. The summed E-state index contributed by atoms with van der Waals surface area (Å²) in [6.07, 6.45) is 1.84. The molecule has 2 aromatic heterocycles. The van der Waals surface area contributed by atoms with Crippen LogP contribution in [-0.2, 0) is 6.18 Å². The van der Waals surface area contributed by atoms with E-state index in [1.807, 2.05) is 10.9 Å². The number of methoxy groups -OCH3 is 1. The van der Waals surface area contributed by atoms with Gasteiger partial charge in [0.1, 0.15) is 5.75 Å². The fourth-order valence-electron chi connectivity index (χ4n) is 4.03.